The molecule has 1 atom stereocenters. The second-order valence-electron chi connectivity index (χ2n) is 8.64. The highest BCUT2D eigenvalue weighted by atomic mass is 16.5. The number of benzene rings is 4. The van der Waals surface area contributed by atoms with Crippen LogP contribution < -0.4 is 15.4 Å². The molecule has 0 saturated carbocycles. The van der Waals surface area contributed by atoms with Crippen LogP contribution in [0.1, 0.15) is 27.0 Å². The maximum Gasteiger partial charge on any atom is 0.196 e. The van der Waals surface area contributed by atoms with Crippen molar-refractivity contribution in [3.8, 4) is 11.5 Å². The largest absolute Gasteiger partial charge is 0.505 e. The van der Waals surface area contributed by atoms with Crippen LogP contribution in [0.4, 0.5) is 5.69 Å². The summed E-state index contributed by atoms with van der Waals surface area (Å²) in [4.78, 5) is 13.2. The van der Waals surface area contributed by atoms with E-state index in [9.17, 15) is 9.90 Å². The van der Waals surface area contributed by atoms with Gasteiger partial charge >= 0.3 is 0 Å². The van der Waals surface area contributed by atoms with Gasteiger partial charge in [0.05, 0.1) is 12.2 Å². The van der Waals surface area contributed by atoms with Crippen molar-refractivity contribution >= 4 is 11.5 Å². The monoisotopic (exact) mass is 480 g/mol. The fourth-order valence-electron chi connectivity index (χ4n) is 4.70. The average molecular weight is 481 g/mol. The summed E-state index contributed by atoms with van der Waals surface area (Å²) in [6.45, 7) is 1.05. The van der Waals surface area contributed by atoms with Crippen LogP contribution in [0.5, 0.6) is 11.5 Å². The van der Waals surface area contributed by atoms with Gasteiger partial charge in [-0.05, 0) is 23.3 Å². The summed E-state index contributed by atoms with van der Waals surface area (Å²) in [5.41, 5.74) is 2.05. The quantitative estimate of drug-likeness (QED) is 0.188. The van der Waals surface area contributed by atoms with Crippen molar-refractivity contribution < 1.29 is 19.4 Å². The molecule has 6 nitrogen and oxygen atoms in total. The van der Waals surface area contributed by atoms with Crippen molar-refractivity contribution in [1.29, 1.82) is 0 Å². The van der Waals surface area contributed by atoms with Crippen molar-refractivity contribution in [2.24, 2.45) is 0 Å². The van der Waals surface area contributed by atoms with Gasteiger partial charge in [0.25, 0.3) is 0 Å². The first kappa shape index (κ1) is 23.6. The standard InChI is InChI=1S/C30H28N2O4/c1-35-20-19-31-29-30(22-13-7-3-8-14-22,23-15-9-4-10-16-23)32-26-25(36-29)18-17-24(28(26)34)27(33)21-11-5-2-6-12-21/h2-18,29,31-32,34H,19-20H2,1H3. The molecule has 0 saturated heterocycles. The van der Waals surface area contributed by atoms with Gasteiger partial charge in [0.1, 0.15) is 17.0 Å². The number of anilines is 1. The Hall–Kier alpha value is -4.13. The molecule has 6 heteroatoms. The third-order valence-electron chi connectivity index (χ3n) is 6.47. The topological polar surface area (TPSA) is 79.8 Å². The van der Waals surface area contributed by atoms with Crippen molar-refractivity contribution in [1.82, 2.24) is 5.32 Å². The predicted octanol–water partition coefficient (Wildman–Crippen LogP) is 4.93. The van der Waals surface area contributed by atoms with Crippen LogP contribution in [-0.4, -0.2) is 37.4 Å². The Balaban J connectivity index is 1.67. The van der Waals surface area contributed by atoms with Gasteiger partial charge in [-0.25, -0.2) is 0 Å². The van der Waals surface area contributed by atoms with E-state index in [1.54, 1.807) is 43.5 Å². The molecule has 1 aliphatic rings. The number of methoxy groups -OCH3 is 1. The van der Waals surface area contributed by atoms with Crippen LogP contribution in [0.2, 0.25) is 0 Å². The minimum absolute atomic E-state index is 0.145. The molecule has 36 heavy (non-hydrogen) atoms. The summed E-state index contributed by atoms with van der Waals surface area (Å²) in [6, 6.07) is 32.2. The highest BCUT2D eigenvalue weighted by molar-refractivity contribution is 6.12. The van der Waals surface area contributed by atoms with E-state index in [2.05, 4.69) is 10.6 Å². The molecule has 3 N–H and O–H groups in total. The first-order valence-electron chi connectivity index (χ1n) is 11.9. The first-order valence-corrected chi connectivity index (χ1v) is 11.9. The van der Waals surface area contributed by atoms with Gasteiger partial charge in [-0.2, -0.15) is 0 Å². The lowest BCUT2D eigenvalue weighted by atomic mass is 9.79. The summed E-state index contributed by atoms with van der Waals surface area (Å²) in [6.07, 6.45) is -0.542. The van der Waals surface area contributed by atoms with Crippen molar-refractivity contribution in [3.05, 3.63) is 125 Å². The Morgan fingerprint density at radius 3 is 2.08 bits per heavy atom. The number of fused-ring (bicyclic) bond motifs is 1. The van der Waals surface area contributed by atoms with Crippen molar-refractivity contribution in [2.45, 2.75) is 11.8 Å². The van der Waals surface area contributed by atoms with Crippen LogP contribution in [0.25, 0.3) is 0 Å². The van der Waals surface area contributed by atoms with Crippen LogP contribution in [0.15, 0.2) is 103 Å². The lowest BCUT2D eigenvalue weighted by Gasteiger charge is -2.47. The number of phenols is 1. The minimum Gasteiger partial charge on any atom is -0.505 e. The molecule has 1 heterocycles. The fourth-order valence-corrected chi connectivity index (χ4v) is 4.70. The molecule has 0 fully saturated rings. The second kappa shape index (κ2) is 10.2. The Bertz CT molecular complexity index is 1290. The molecule has 4 aromatic rings. The van der Waals surface area contributed by atoms with Crippen LogP contribution >= 0.6 is 0 Å². The molecule has 0 radical (unpaired) electrons. The molecule has 0 bridgehead atoms. The SMILES string of the molecule is COCCNC1Oc2ccc(C(=O)c3ccccc3)c(O)c2NC1(c1ccccc1)c1ccccc1. The van der Waals surface area contributed by atoms with Crippen molar-refractivity contribution in [3.63, 3.8) is 0 Å². The van der Waals surface area contributed by atoms with E-state index in [1.165, 1.54) is 0 Å². The van der Waals surface area contributed by atoms with Gasteiger partial charge in [-0.15, -0.1) is 0 Å². The number of hydrogen-bond acceptors (Lipinski definition) is 6. The number of hydrogen-bond donors (Lipinski definition) is 3. The number of ether oxygens (including phenoxy) is 2. The third-order valence-corrected chi connectivity index (χ3v) is 6.47. The number of carbonyl (C=O) groups is 1. The summed E-state index contributed by atoms with van der Waals surface area (Å²) in [7, 11) is 1.65. The Labute approximate surface area is 210 Å². The van der Waals surface area contributed by atoms with E-state index in [4.69, 9.17) is 9.47 Å². The summed E-state index contributed by atoms with van der Waals surface area (Å²) < 4.78 is 11.8. The zero-order valence-corrected chi connectivity index (χ0v) is 20.0. The lowest BCUT2D eigenvalue weighted by Crippen LogP contribution is -2.59. The second-order valence-corrected chi connectivity index (χ2v) is 8.64. The summed E-state index contributed by atoms with van der Waals surface area (Å²) in [5.74, 6) is 0.0468. The Morgan fingerprint density at radius 1 is 0.917 bits per heavy atom. The molecule has 5 rings (SSSR count). The first-order chi connectivity index (χ1) is 17.6. The normalized spacial score (nSPS) is 15.9. The molecule has 0 aliphatic carbocycles. The number of rotatable bonds is 8. The molecule has 4 aromatic carbocycles. The number of aromatic hydroxyl groups is 1. The predicted molar refractivity (Wildman–Crippen MR) is 140 cm³/mol. The average Bonchev–Trinajstić information content (AvgIpc) is 2.94. The molecular weight excluding hydrogens is 452 g/mol. The minimum atomic E-state index is -0.908. The molecule has 182 valence electrons. The molecule has 0 aromatic heterocycles. The van der Waals surface area contributed by atoms with E-state index in [-0.39, 0.29) is 17.1 Å². The van der Waals surface area contributed by atoms with Crippen LogP contribution in [-0.2, 0) is 10.3 Å². The number of ketones is 1. The molecule has 0 amide bonds. The highest BCUT2D eigenvalue weighted by Gasteiger charge is 2.48. The van der Waals surface area contributed by atoms with E-state index < -0.39 is 11.8 Å². The zero-order valence-electron chi connectivity index (χ0n) is 20.0. The van der Waals surface area contributed by atoms with Gasteiger partial charge in [-0.1, -0.05) is 91.0 Å². The zero-order chi connectivity index (χ0) is 25.0. The molecular formula is C30H28N2O4. The van der Waals surface area contributed by atoms with E-state index in [0.29, 0.717) is 30.2 Å². The number of carbonyl (C=O) groups excluding carboxylic acids is 1. The Morgan fingerprint density at radius 2 is 1.50 bits per heavy atom. The van der Waals surface area contributed by atoms with Gasteiger partial charge < -0.3 is 19.9 Å². The fraction of sp³-hybridized carbons (Fsp3) is 0.167. The van der Waals surface area contributed by atoms with Gasteiger partial charge in [-0.3, -0.25) is 10.1 Å². The lowest BCUT2D eigenvalue weighted by molar-refractivity contribution is 0.0842. The smallest absolute Gasteiger partial charge is 0.196 e. The third kappa shape index (κ3) is 4.21. The highest BCUT2D eigenvalue weighted by Crippen LogP contribution is 2.49. The van der Waals surface area contributed by atoms with Gasteiger partial charge in [0, 0.05) is 19.2 Å². The van der Waals surface area contributed by atoms with Crippen LogP contribution in [0.3, 0.4) is 0 Å². The molecule has 0 spiro atoms. The van der Waals surface area contributed by atoms with Gasteiger partial charge in [0.15, 0.2) is 17.8 Å². The Kier molecular flexibility index (Phi) is 6.71. The number of nitrogens with one attached hydrogen (secondary N) is 2. The van der Waals surface area contributed by atoms with E-state index in [0.717, 1.165) is 11.1 Å². The summed E-state index contributed by atoms with van der Waals surface area (Å²) in [5, 5.41) is 18.5. The van der Waals surface area contributed by atoms with E-state index >= 15 is 0 Å². The molecule has 1 unspecified atom stereocenters. The van der Waals surface area contributed by atoms with Gasteiger partial charge in [0.2, 0.25) is 0 Å². The molecule has 1 aliphatic heterocycles. The van der Waals surface area contributed by atoms with Crippen LogP contribution in [0, 0.1) is 0 Å². The van der Waals surface area contributed by atoms with E-state index in [1.807, 2.05) is 66.7 Å². The summed E-state index contributed by atoms with van der Waals surface area (Å²) >= 11 is 0. The van der Waals surface area contributed by atoms with Crippen molar-refractivity contribution in [2.75, 3.05) is 25.6 Å². The maximum atomic E-state index is 13.2. The number of phenolic OH excluding ortho intramolecular Hbond substituents is 1. The maximum absolute atomic E-state index is 13.2.